The highest BCUT2D eigenvalue weighted by Crippen LogP contribution is 2.34. The molecule has 0 fully saturated rings. The van der Waals surface area contributed by atoms with Gasteiger partial charge in [-0.3, -0.25) is 9.79 Å². The molecule has 0 amide bonds. The first-order valence-corrected chi connectivity index (χ1v) is 9.83. The number of hydrogen-bond donors (Lipinski definition) is 2. The molecule has 1 aromatic rings. The molecule has 2 aliphatic heterocycles. The SMILES string of the molecule is CC[C@@]1(O)C(=O)OCc2c1cc(C1=N/C(C)=C/C(C)OCOC1C(C)(C)F)[nH]c2=O. The maximum atomic E-state index is 15.1. The highest BCUT2D eigenvalue weighted by Gasteiger charge is 2.45. The first-order valence-electron chi connectivity index (χ1n) is 9.83. The zero-order chi connectivity index (χ0) is 22.3. The second-order valence-electron chi connectivity index (χ2n) is 8.10. The van der Waals surface area contributed by atoms with Crippen LogP contribution in [0.25, 0.3) is 0 Å². The van der Waals surface area contributed by atoms with Crippen LogP contribution in [0.1, 0.15) is 57.9 Å². The van der Waals surface area contributed by atoms with E-state index in [0.29, 0.717) is 5.70 Å². The summed E-state index contributed by atoms with van der Waals surface area (Å²) < 4.78 is 31.3. The van der Waals surface area contributed by atoms with E-state index in [-0.39, 0.29) is 48.5 Å². The Labute approximate surface area is 173 Å². The molecule has 0 radical (unpaired) electrons. The van der Waals surface area contributed by atoms with Crippen molar-refractivity contribution in [1.29, 1.82) is 0 Å². The van der Waals surface area contributed by atoms with E-state index >= 15 is 4.39 Å². The molecule has 30 heavy (non-hydrogen) atoms. The van der Waals surface area contributed by atoms with Crippen molar-refractivity contribution in [1.82, 2.24) is 4.98 Å². The van der Waals surface area contributed by atoms with Crippen molar-refractivity contribution in [2.45, 2.75) is 71.1 Å². The minimum atomic E-state index is -1.97. The number of hydrogen-bond acceptors (Lipinski definition) is 7. The van der Waals surface area contributed by atoms with E-state index in [1.165, 1.54) is 19.9 Å². The van der Waals surface area contributed by atoms with Crippen LogP contribution in [0.2, 0.25) is 0 Å². The average Bonchev–Trinajstić information content (AvgIpc) is 2.72. The summed E-state index contributed by atoms with van der Waals surface area (Å²) in [5, 5.41) is 10.9. The molecule has 2 N–H and O–H groups in total. The van der Waals surface area contributed by atoms with E-state index in [2.05, 4.69) is 9.98 Å². The lowest BCUT2D eigenvalue weighted by Gasteiger charge is -2.32. The molecule has 0 aliphatic carbocycles. The second-order valence-corrected chi connectivity index (χ2v) is 8.10. The number of rotatable bonds is 3. The molecule has 8 nitrogen and oxygen atoms in total. The molecule has 2 unspecified atom stereocenters. The summed E-state index contributed by atoms with van der Waals surface area (Å²) in [5.74, 6) is -0.831. The van der Waals surface area contributed by atoms with E-state index in [9.17, 15) is 14.7 Å². The van der Waals surface area contributed by atoms with Crippen molar-refractivity contribution in [3.8, 4) is 0 Å². The summed E-state index contributed by atoms with van der Waals surface area (Å²) in [6.45, 7) is 7.38. The number of fused-ring (bicyclic) bond motifs is 1. The van der Waals surface area contributed by atoms with Crippen LogP contribution in [0.15, 0.2) is 27.6 Å². The number of carbonyl (C=O) groups excluding carboxylic acids is 1. The minimum Gasteiger partial charge on any atom is -0.458 e. The number of carbonyl (C=O) groups is 1. The Hall–Kier alpha value is -2.36. The van der Waals surface area contributed by atoms with Crippen LogP contribution in [0.4, 0.5) is 4.39 Å². The monoisotopic (exact) mass is 422 g/mol. The lowest BCUT2D eigenvalue weighted by Crippen LogP contribution is -2.46. The lowest BCUT2D eigenvalue weighted by molar-refractivity contribution is -0.172. The number of pyridine rings is 1. The molecule has 9 heteroatoms. The van der Waals surface area contributed by atoms with Gasteiger partial charge in [-0.1, -0.05) is 6.92 Å². The number of ether oxygens (including phenoxy) is 3. The molecule has 0 saturated heterocycles. The molecule has 164 valence electrons. The molecule has 0 bridgehead atoms. The third-order valence-electron chi connectivity index (χ3n) is 5.26. The second kappa shape index (κ2) is 8.05. The van der Waals surface area contributed by atoms with Crippen molar-refractivity contribution in [3.05, 3.63) is 45.0 Å². The molecular weight excluding hydrogens is 395 g/mol. The van der Waals surface area contributed by atoms with Crippen molar-refractivity contribution in [3.63, 3.8) is 0 Å². The van der Waals surface area contributed by atoms with Gasteiger partial charge in [-0.15, -0.1) is 0 Å². The van der Waals surface area contributed by atoms with Gasteiger partial charge in [0.15, 0.2) is 5.60 Å². The largest absolute Gasteiger partial charge is 0.458 e. The standard InChI is InChI=1S/C21H27FN2O6/c1-6-21(27)14-8-15(24-18(25)13(14)9-28-19(21)26)16-17(20(4,5)22)30-10-29-12(3)7-11(2)23-16/h7-8,12,17,27H,6,9-10H2,1-5H3,(H,24,25)/b11-7+,23-16?/t12?,17?,21-/m0/s1. The number of nitrogens with one attached hydrogen (secondary N) is 1. The summed E-state index contributed by atoms with van der Waals surface area (Å²) in [6, 6.07) is 1.46. The molecule has 1 aromatic heterocycles. The van der Waals surface area contributed by atoms with Crippen molar-refractivity contribution in [2.24, 2.45) is 4.99 Å². The third kappa shape index (κ3) is 4.10. The van der Waals surface area contributed by atoms with Gasteiger partial charge in [-0.2, -0.15) is 0 Å². The Morgan fingerprint density at radius 3 is 2.70 bits per heavy atom. The highest BCUT2D eigenvalue weighted by atomic mass is 19.1. The number of nitrogens with zero attached hydrogens (tertiary/aromatic N) is 1. The van der Waals surface area contributed by atoms with Crippen molar-refractivity contribution < 1.29 is 28.5 Å². The number of allylic oxidation sites excluding steroid dienone is 1. The van der Waals surface area contributed by atoms with E-state index < -0.39 is 28.9 Å². The highest BCUT2D eigenvalue weighted by molar-refractivity contribution is 6.04. The number of aromatic nitrogens is 1. The average molecular weight is 422 g/mol. The van der Waals surface area contributed by atoms with Crippen LogP contribution in [0, 0.1) is 0 Å². The number of cyclic esters (lactones) is 1. The van der Waals surface area contributed by atoms with Crippen molar-refractivity contribution in [2.75, 3.05) is 6.79 Å². The van der Waals surface area contributed by atoms with Gasteiger partial charge in [0.1, 0.15) is 25.2 Å². The molecule has 3 atom stereocenters. The maximum Gasteiger partial charge on any atom is 0.343 e. The molecule has 0 spiro atoms. The normalized spacial score (nSPS) is 29.5. The van der Waals surface area contributed by atoms with Crippen LogP contribution in [-0.2, 0) is 31.2 Å². The zero-order valence-corrected chi connectivity index (χ0v) is 17.7. The van der Waals surface area contributed by atoms with Gasteiger partial charge < -0.3 is 24.3 Å². The molecule has 0 saturated carbocycles. The first kappa shape index (κ1) is 22.3. The molecule has 0 aromatic carbocycles. The number of esters is 1. The Bertz CT molecular complexity index is 961. The number of aliphatic hydroxyl groups is 1. The van der Waals surface area contributed by atoms with E-state index in [0.717, 1.165) is 0 Å². The topological polar surface area (TPSA) is 110 Å². The van der Waals surface area contributed by atoms with Crippen LogP contribution in [0.3, 0.4) is 0 Å². The third-order valence-corrected chi connectivity index (χ3v) is 5.26. The Balaban J connectivity index is 2.25. The number of H-pyrrole nitrogens is 1. The Morgan fingerprint density at radius 1 is 1.37 bits per heavy atom. The number of aliphatic imine (C=N–C) groups is 1. The molecule has 3 rings (SSSR count). The van der Waals surface area contributed by atoms with E-state index in [4.69, 9.17) is 14.2 Å². The van der Waals surface area contributed by atoms with Crippen molar-refractivity contribution >= 4 is 11.7 Å². The molecule has 2 aliphatic rings. The maximum absolute atomic E-state index is 15.1. The Morgan fingerprint density at radius 2 is 2.07 bits per heavy atom. The van der Waals surface area contributed by atoms with E-state index in [1.807, 2.05) is 0 Å². The van der Waals surface area contributed by atoms with Gasteiger partial charge in [0.05, 0.1) is 23.1 Å². The summed E-state index contributed by atoms with van der Waals surface area (Å²) >= 11 is 0. The fourth-order valence-corrected chi connectivity index (χ4v) is 3.63. The van der Waals surface area contributed by atoms with Gasteiger partial charge in [0.2, 0.25) is 0 Å². The predicted molar refractivity (Wildman–Crippen MR) is 107 cm³/mol. The zero-order valence-electron chi connectivity index (χ0n) is 17.7. The lowest BCUT2D eigenvalue weighted by atomic mass is 9.85. The summed E-state index contributed by atoms with van der Waals surface area (Å²) in [7, 11) is 0. The van der Waals surface area contributed by atoms with Crippen LogP contribution < -0.4 is 5.56 Å². The molecular formula is C21H27FN2O6. The Kier molecular flexibility index (Phi) is 5.99. The number of halogens is 1. The van der Waals surface area contributed by atoms with Gasteiger partial charge in [0.25, 0.3) is 5.56 Å². The van der Waals surface area contributed by atoms with Gasteiger partial charge in [-0.05, 0) is 46.3 Å². The van der Waals surface area contributed by atoms with Crippen LogP contribution in [0.5, 0.6) is 0 Å². The summed E-state index contributed by atoms with van der Waals surface area (Å²) in [5.41, 5.74) is -3.30. The van der Waals surface area contributed by atoms with Crippen LogP contribution >= 0.6 is 0 Å². The predicted octanol–water partition coefficient (Wildman–Crippen LogP) is 2.23. The van der Waals surface area contributed by atoms with Gasteiger partial charge in [0, 0.05) is 11.3 Å². The minimum absolute atomic E-state index is 0.00697. The summed E-state index contributed by atoms with van der Waals surface area (Å²) in [6.07, 6.45) is 0.268. The van der Waals surface area contributed by atoms with Gasteiger partial charge >= 0.3 is 5.97 Å². The first-order chi connectivity index (χ1) is 14.0. The number of alkyl halides is 1. The fourth-order valence-electron chi connectivity index (χ4n) is 3.63. The van der Waals surface area contributed by atoms with E-state index in [1.54, 1.807) is 26.8 Å². The van der Waals surface area contributed by atoms with Crippen LogP contribution in [-0.4, -0.2) is 46.4 Å². The molecule has 3 heterocycles. The quantitative estimate of drug-likeness (QED) is 0.723. The van der Waals surface area contributed by atoms with Gasteiger partial charge in [-0.25, -0.2) is 9.18 Å². The fraction of sp³-hybridized carbons (Fsp3) is 0.571. The number of aromatic amines is 1. The summed E-state index contributed by atoms with van der Waals surface area (Å²) in [4.78, 5) is 32.2. The smallest absolute Gasteiger partial charge is 0.343 e.